The van der Waals surface area contributed by atoms with E-state index in [4.69, 9.17) is 5.73 Å². The van der Waals surface area contributed by atoms with Crippen LogP contribution < -0.4 is 11.1 Å². The first-order valence-electron chi connectivity index (χ1n) is 7.12. The molecule has 3 N–H and O–H groups in total. The molecule has 0 aromatic rings. The first-order valence-corrected chi connectivity index (χ1v) is 7.12. The van der Waals surface area contributed by atoms with Gasteiger partial charge in [0, 0.05) is 12.0 Å². The Hall–Kier alpha value is -0.570. The molecule has 2 rings (SSSR count). The van der Waals surface area contributed by atoms with E-state index in [9.17, 15) is 4.79 Å². The van der Waals surface area contributed by atoms with Crippen molar-refractivity contribution in [3.05, 3.63) is 0 Å². The maximum Gasteiger partial charge on any atom is 0.223 e. The molecule has 5 atom stereocenters. The molecule has 3 nitrogen and oxygen atoms in total. The molecule has 17 heavy (non-hydrogen) atoms. The van der Waals surface area contributed by atoms with Crippen LogP contribution in [0.2, 0.25) is 0 Å². The summed E-state index contributed by atoms with van der Waals surface area (Å²) in [5.74, 6) is 2.79. The van der Waals surface area contributed by atoms with Gasteiger partial charge in [-0.2, -0.15) is 0 Å². The lowest BCUT2D eigenvalue weighted by Gasteiger charge is -2.29. The summed E-state index contributed by atoms with van der Waals surface area (Å²) >= 11 is 0. The lowest BCUT2D eigenvalue weighted by molar-refractivity contribution is -0.125. The van der Waals surface area contributed by atoms with Crippen molar-refractivity contribution in [2.24, 2.45) is 29.4 Å². The molecule has 2 aliphatic carbocycles. The highest BCUT2D eigenvalue weighted by molar-refractivity contribution is 5.78. The zero-order valence-electron chi connectivity index (χ0n) is 11.1. The molecule has 5 unspecified atom stereocenters. The second-order valence-corrected chi connectivity index (χ2v) is 6.11. The maximum atomic E-state index is 11.9. The monoisotopic (exact) mass is 238 g/mol. The molecular formula is C14H26N2O. The third-order valence-electron chi connectivity index (χ3n) is 4.85. The van der Waals surface area contributed by atoms with Gasteiger partial charge in [0.1, 0.15) is 0 Å². The molecule has 2 bridgehead atoms. The fraction of sp³-hybridized carbons (Fsp3) is 0.929. The van der Waals surface area contributed by atoms with Crippen molar-refractivity contribution in [2.45, 2.75) is 52.0 Å². The topological polar surface area (TPSA) is 55.1 Å². The molecule has 98 valence electrons. The van der Waals surface area contributed by atoms with Gasteiger partial charge in [-0.1, -0.05) is 13.3 Å². The van der Waals surface area contributed by atoms with Crippen molar-refractivity contribution in [1.82, 2.24) is 5.32 Å². The number of nitrogens with two attached hydrogens (primary N) is 1. The van der Waals surface area contributed by atoms with E-state index in [0.29, 0.717) is 12.6 Å². The predicted molar refractivity (Wildman–Crippen MR) is 69.4 cm³/mol. The largest absolute Gasteiger partial charge is 0.353 e. The van der Waals surface area contributed by atoms with Crippen LogP contribution >= 0.6 is 0 Å². The molecule has 0 heterocycles. The summed E-state index contributed by atoms with van der Waals surface area (Å²) in [5, 5.41) is 3.20. The minimum Gasteiger partial charge on any atom is -0.353 e. The van der Waals surface area contributed by atoms with Gasteiger partial charge in [0.15, 0.2) is 0 Å². The Morgan fingerprint density at radius 1 is 1.35 bits per heavy atom. The molecule has 2 aliphatic rings. The van der Waals surface area contributed by atoms with Crippen LogP contribution in [0.4, 0.5) is 0 Å². The van der Waals surface area contributed by atoms with E-state index in [2.05, 4.69) is 12.2 Å². The number of hydrogen-bond acceptors (Lipinski definition) is 2. The second-order valence-electron chi connectivity index (χ2n) is 6.11. The van der Waals surface area contributed by atoms with Gasteiger partial charge in [0.05, 0.1) is 0 Å². The number of hydrogen-bond donors (Lipinski definition) is 2. The van der Waals surface area contributed by atoms with Crippen LogP contribution in [0.1, 0.15) is 46.0 Å². The van der Waals surface area contributed by atoms with Crippen LogP contribution in [0.15, 0.2) is 0 Å². The molecule has 0 radical (unpaired) electrons. The van der Waals surface area contributed by atoms with E-state index in [1.165, 1.54) is 25.7 Å². The molecule has 2 fully saturated rings. The standard InChI is InChI=1S/C14H26N2O/c1-9(5-6-15)14(17)16-10(2)13-8-11-3-4-12(13)7-11/h9-13H,3-8,15H2,1-2H3,(H,16,17). The average molecular weight is 238 g/mol. The quantitative estimate of drug-likeness (QED) is 0.768. The highest BCUT2D eigenvalue weighted by Crippen LogP contribution is 2.49. The molecule has 0 aromatic carbocycles. The molecule has 0 aliphatic heterocycles. The van der Waals surface area contributed by atoms with Gasteiger partial charge in [0.25, 0.3) is 0 Å². The molecule has 3 heteroatoms. The lowest BCUT2D eigenvalue weighted by atomic mass is 9.84. The Morgan fingerprint density at radius 2 is 2.12 bits per heavy atom. The third kappa shape index (κ3) is 2.82. The fourth-order valence-corrected chi connectivity index (χ4v) is 3.76. The second kappa shape index (κ2) is 5.38. The van der Waals surface area contributed by atoms with E-state index in [0.717, 1.165) is 24.2 Å². The van der Waals surface area contributed by atoms with Crippen molar-refractivity contribution in [3.8, 4) is 0 Å². The maximum absolute atomic E-state index is 11.9. The Labute approximate surface area is 105 Å². The van der Waals surface area contributed by atoms with Gasteiger partial charge < -0.3 is 11.1 Å². The SMILES string of the molecule is CC(CCN)C(=O)NC(C)C1CC2CCC1C2. The zero-order chi connectivity index (χ0) is 12.4. The Morgan fingerprint density at radius 3 is 2.65 bits per heavy atom. The smallest absolute Gasteiger partial charge is 0.223 e. The van der Waals surface area contributed by atoms with Crippen LogP contribution in [-0.4, -0.2) is 18.5 Å². The summed E-state index contributed by atoms with van der Waals surface area (Å²) in [4.78, 5) is 11.9. The number of rotatable bonds is 5. The van der Waals surface area contributed by atoms with E-state index in [-0.39, 0.29) is 11.8 Å². The van der Waals surface area contributed by atoms with Crippen molar-refractivity contribution in [3.63, 3.8) is 0 Å². The summed E-state index contributed by atoms with van der Waals surface area (Å²) in [7, 11) is 0. The number of nitrogens with one attached hydrogen (secondary N) is 1. The summed E-state index contributed by atoms with van der Waals surface area (Å²) < 4.78 is 0. The average Bonchev–Trinajstić information content (AvgIpc) is 2.90. The number of amides is 1. The van der Waals surface area contributed by atoms with Crippen LogP contribution in [0, 0.1) is 23.7 Å². The van der Waals surface area contributed by atoms with Crippen molar-refractivity contribution >= 4 is 5.91 Å². The van der Waals surface area contributed by atoms with E-state index < -0.39 is 0 Å². The van der Waals surface area contributed by atoms with Gasteiger partial charge in [-0.05, 0) is 56.9 Å². The zero-order valence-corrected chi connectivity index (χ0v) is 11.1. The van der Waals surface area contributed by atoms with Crippen LogP contribution in [-0.2, 0) is 4.79 Å². The molecular weight excluding hydrogens is 212 g/mol. The van der Waals surface area contributed by atoms with E-state index in [1.807, 2.05) is 6.92 Å². The normalized spacial score (nSPS) is 34.6. The Bertz CT molecular complexity index is 279. The van der Waals surface area contributed by atoms with E-state index >= 15 is 0 Å². The van der Waals surface area contributed by atoms with Crippen LogP contribution in [0.5, 0.6) is 0 Å². The van der Waals surface area contributed by atoms with Gasteiger partial charge in [-0.3, -0.25) is 4.79 Å². The van der Waals surface area contributed by atoms with Gasteiger partial charge in [-0.15, -0.1) is 0 Å². The minimum absolute atomic E-state index is 0.0565. The highest BCUT2D eigenvalue weighted by Gasteiger charge is 2.42. The number of carbonyl (C=O) groups is 1. The van der Waals surface area contributed by atoms with Crippen LogP contribution in [0.25, 0.3) is 0 Å². The van der Waals surface area contributed by atoms with Gasteiger partial charge in [-0.25, -0.2) is 0 Å². The number of fused-ring (bicyclic) bond motifs is 2. The van der Waals surface area contributed by atoms with Crippen LogP contribution in [0.3, 0.4) is 0 Å². The molecule has 0 aromatic heterocycles. The minimum atomic E-state index is 0.0565. The Balaban J connectivity index is 1.81. The predicted octanol–water partition coefficient (Wildman–Crippen LogP) is 1.91. The van der Waals surface area contributed by atoms with Crippen molar-refractivity contribution in [1.29, 1.82) is 0 Å². The lowest BCUT2D eigenvalue weighted by Crippen LogP contribution is -2.42. The summed E-state index contributed by atoms with van der Waals surface area (Å²) in [6.07, 6.45) is 6.33. The highest BCUT2D eigenvalue weighted by atomic mass is 16.1. The first-order chi connectivity index (χ1) is 8.11. The number of carbonyl (C=O) groups excluding carboxylic acids is 1. The molecule has 1 amide bonds. The van der Waals surface area contributed by atoms with Gasteiger partial charge >= 0.3 is 0 Å². The summed E-state index contributed by atoms with van der Waals surface area (Å²) in [5.41, 5.74) is 5.49. The molecule has 0 saturated heterocycles. The molecule has 0 spiro atoms. The Kier molecular flexibility index (Phi) is 4.08. The van der Waals surface area contributed by atoms with Crippen molar-refractivity contribution in [2.75, 3.05) is 6.54 Å². The summed E-state index contributed by atoms with van der Waals surface area (Å²) in [6, 6.07) is 0.345. The molecule has 2 saturated carbocycles. The first kappa shape index (κ1) is 12.9. The summed E-state index contributed by atoms with van der Waals surface area (Å²) in [6.45, 7) is 4.74. The van der Waals surface area contributed by atoms with E-state index in [1.54, 1.807) is 0 Å². The van der Waals surface area contributed by atoms with Gasteiger partial charge in [0.2, 0.25) is 5.91 Å². The third-order valence-corrected chi connectivity index (χ3v) is 4.85. The fourth-order valence-electron chi connectivity index (χ4n) is 3.76. The van der Waals surface area contributed by atoms with Crippen molar-refractivity contribution < 1.29 is 4.79 Å².